The van der Waals surface area contributed by atoms with Gasteiger partial charge in [-0.15, -0.1) is 34.5 Å². The molecule has 0 radical (unpaired) electrons. The Hall–Kier alpha value is 0.230. The van der Waals surface area contributed by atoms with Crippen LogP contribution in [-0.2, 0) is 16.3 Å². The molecule has 0 spiro atoms. The van der Waals surface area contributed by atoms with Crippen molar-refractivity contribution in [1.29, 1.82) is 0 Å². The zero-order chi connectivity index (χ0) is 13.9. The number of hydrogen-bond donors (Lipinski definition) is 0. The minimum Gasteiger partial charge on any atom is -0.229 e. The largest absolute Gasteiger partial charge is 0.229 e. The van der Waals surface area contributed by atoms with Crippen molar-refractivity contribution in [2.24, 2.45) is 11.3 Å². The van der Waals surface area contributed by atoms with Crippen molar-refractivity contribution in [3.05, 3.63) is 22.4 Å². The van der Waals surface area contributed by atoms with Gasteiger partial charge in [-0.25, -0.2) is 8.42 Å². The third-order valence-electron chi connectivity index (χ3n) is 4.08. The molecule has 0 aromatic carbocycles. The van der Waals surface area contributed by atoms with Crippen LogP contribution < -0.4 is 0 Å². The smallest absolute Gasteiger partial charge is 0.150 e. The number of aryl methyl sites for hydroxylation is 1. The third kappa shape index (κ3) is 3.66. The lowest BCUT2D eigenvalue weighted by Gasteiger charge is -2.35. The summed E-state index contributed by atoms with van der Waals surface area (Å²) in [6.07, 6.45) is 2.49. The van der Waals surface area contributed by atoms with Crippen LogP contribution in [-0.4, -0.2) is 31.7 Å². The SMILES string of the molecule is O=S1(=O)CCC(C(CCl)(CCl)CCc2cccs2)C1. The summed E-state index contributed by atoms with van der Waals surface area (Å²) in [5, 5.41) is 2.05. The van der Waals surface area contributed by atoms with Gasteiger partial charge < -0.3 is 0 Å². The Bertz CT molecular complexity index is 493. The molecule has 19 heavy (non-hydrogen) atoms. The van der Waals surface area contributed by atoms with E-state index < -0.39 is 9.84 Å². The number of thiophene rings is 1. The number of sulfone groups is 1. The van der Waals surface area contributed by atoms with E-state index >= 15 is 0 Å². The molecule has 0 N–H and O–H groups in total. The molecule has 1 fully saturated rings. The monoisotopic (exact) mass is 340 g/mol. The average molecular weight is 341 g/mol. The van der Waals surface area contributed by atoms with Crippen molar-refractivity contribution in [3.63, 3.8) is 0 Å². The molecule has 1 aromatic heterocycles. The Morgan fingerprint density at radius 3 is 2.58 bits per heavy atom. The molecule has 0 bridgehead atoms. The lowest BCUT2D eigenvalue weighted by molar-refractivity contribution is 0.227. The van der Waals surface area contributed by atoms with E-state index in [0.29, 0.717) is 18.2 Å². The van der Waals surface area contributed by atoms with Gasteiger partial charge in [0.15, 0.2) is 9.84 Å². The van der Waals surface area contributed by atoms with Crippen LogP contribution in [0, 0.1) is 11.3 Å². The van der Waals surface area contributed by atoms with Gasteiger partial charge in [0.25, 0.3) is 0 Å². The van der Waals surface area contributed by atoms with Crippen molar-refractivity contribution in [2.75, 3.05) is 23.3 Å². The quantitative estimate of drug-likeness (QED) is 0.741. The van der Waals surface area contributed by atoms with E-state index in [-0.39, 0.29) is 22.8 Å². The third-order valence-corrected chi connectivity index (χ3v) is 7.85. The average Bonchev–Trinajstić information content (AvgIpc) is 3.01. The highest BCUT2D eigenvalue weighted by Crippen LogP contribution is 2.42. The molecule has 2 rings (SSSR count). The van der Waals surface area contributed by atoms with Crippen molar-refractivity contribution >= 4 is 44.4 Å². The second-order valence-electron chi connectivity index (χ2n) is 5.31. The normalized spacial score (nSPS) is 22.7. The Kier molecular flexibility index (Phi) is 5.21. The first-order valence-corrected chi connectivity index (χ1v) is 10.1. The second kappa shape index (κ2) is 6.33. The van der Waals surface area contributed by atoms with E-state index in [0.717, 1.165) is 12.8 Å². The minimum absolute atomic E-state index is 0.104. The molecule has 1 saturated heterocycles. The first-order chi connectivity index (χ1) is 9.01. The second-order valence-corrected chi connectivity index (χ2v) is 9.10. The fraction of sp³-hybridized carbons (Fsp3) is 0.692. The Morgan fingerprint density at radius 1 is 1.37 bits per heavy atom. The predicted octanol–water partition coefficient (Wildman–Crippen LogP) is 3.58. The maximum absolute atomic E-state index is 11.7. The summed E-state index contributed by atoms with van der Waals surface area (Å²) in [6.45, 7) is 0. The van der Waals surface area contributed by atoms with E-state index in [1.165, 1.54) is 4.88 Å². The van der Waals surface area contributed by atoms with Crippen LogP contribution in [0.5, 0.6) is 0 Å². The Morgan fingerprint density at radius 2 is 2.11 bits per heavy atom. The topological polar surface area (TPSA) is 34.1 Å². The minimum atomic E-state index is -2.89. The molecule has 1 unspecified atom stereocenters. The van der Waals surface area contributed by atoms with Crippen LogP contribution in [0.25, 0.3) is 0 Å². The zero-order valence-corrected chi connectivity index (χ0v) is 13.8. The van der Waals surface area contributed by atoms with Crippen LogP contribution in [0.2, 0.25) is 0 Å². The van der Waals surface area contributed by atoms with Crippen molar-refractivity contribution in [2.45, 2.75) is 19.3 Å². The summed E-state index contributed by atoms with van der Waals surface area (Å²) in [5.74, 6) is 1.50. The van der Waals surface area contributed by atoms with Gasteiger partial charge in [-0.2, -0.15) is 0 Å². The summed E-state index contributed by atoms with van der Waals surface area (Å²) in [7, 11) is -2.89. The van der Waals surface area contributed by atoms with Crippen molar-refractivity contribution < 1.29 is 8.42 Å². The summed E-state index contributed by atoms with van der Waals surface area (Å²) < 4.78 is 23.3. The van der Waals surface area contributed by atoms with E-state index in [9.17, 15) is 8.42 Å². The highest BCUT2D eigenvalue weighted by Gasteiger charge is 2.43. The zero-order valence-electron chi connectivity index (χ0n) is 10.6. The number of alkyl halides is 2. The number of rotatable bonds is 6. The summed E-state index contributed by atoms with van der Waals surface area (Å²) in [4.78, 5) is 1.31. The maximum atomic E-state index is 11.7. The molecule has 2 nitrogen and oxygen atoms in total. The van der Waals surface area contributed by atoms with Crippen LogP contribution in [0.3, 0.4) is 0 Å². The Labute approximate surface area is 129 Å². The summed E-state index contributed by atoms with van der Waals surface area (Å²) >= 11 is 14.0. The van der Waals surface area contributed by atoms with Crippen LogP contribution >= 0.6 is 34.5 Å². The lowest BCUT2D eigenvalue weighted by Crippen LogP contribution is -2.36. The van der Waals surface area contributed by atoms with Crippen molar-refractivity contribution in [1.82, 2.24) is 0 Å². The molecule has 1 aliphatic heterocycles. The summed E-state index contributed by atoms with van der Waals surface area (Å²) in [5.41, 5.74) is -0.253. The van der Waals surface area contributed by atoms with E-state index in [2.05, 4.69) is 11.4 Å². The number of hydrogen-bond acceptors (Lipinski definition) is 3. The molecule has 2 heterocycles. The fourth-order valence-electron chi connectivity index (χ4n) is 2.70. The molecule has 0 amide bonds. The van der Waals surface area contributed by atoms with E-state index in [4.69, 9.17) is 23.2 Å². The first-order valence-electron chi connectivity index (χ1n) is 6.36. The van der Waals surface area contributed by atoms with Crippen LogP contribution in [0.15, 0.2) is 17.5 Å². The van der Waals surface area contributed by atoms with Gasteiger partial charge in [0.2, 0.25) is 0 Å². The van der Waals surface area contributed by atoms with Gasteiger partial charge in [0, 0.05) is 22.1 Å². The number of halogens is 2. The van der Waals surface area contributed by atoms with Gasteiger partial charge in [-0.1, -0.05) is 6.07 Å². The highest BCUT2D eigenvalue weighted by molar-refractivity contribution is 7.91. The highest BCUT2D eigenvalue weighted by atomic mass is 35.5. The molecule has 6 heteroatoms. The lowest BCUT2D eigenvalue weighted by atomic mass is 9.74. The Balaban J connectivity index is 2.09. The first kappa shape index (κ1) is 15.6. The fourth-order valence-corrected chi connectivity index (χ4v) is 6.34. The van der Waals surface area contributed by atoms with Gasteiger partial charge in [0.05, 0.1) is 11.5 Å². The molecule has 108 valence electrons. The molecule has 1 atom stereocenters. The molecule has 0 saturated carbocycles. The van der Waals surface area contributed by atoms with Crippen LogP contribution in [0.4, 0.5) is 0 Å². The predicted molar refractivity (Wildman–Crippen MR) is 83.3 cm³/mol. The van der Waals surface area contributed by atoms with Gasteiger partial charge in [0.1, 0.15) is 0 Å². The molecular formula is C13H18Cl2O2S2. The van der Waals surface area contributed by atoms with Crippen LogP contribution in [0.1, 0.15) is 17.7 Å². The van der Waals surface area contributed by atoms with Crippen molar-refractivity contribution in [3.8, 4) is 0 Å². The standard InChI is InChI=1S/C13H18Cl2O2S2/c14-9-13(10-15,5-3-12-2-1-6-18-12)11-4-7-19(16,17)8-11/h1-2,6,11H,3-5,7-10H2. The molecule has 1 aromatic rings. The summed E-state index contributed by atoms with van der Waals surface area (Å²) in [6, 6.07) is 4.13. The van der Waals surface area contributed by atoms with Gasteiger partial charge in [-0.3, -0.25) is 0 Å². The molecular weight excluding hydrogens is 323 g/mol. The van der Waals surface area contributed by atoms with E-state index in [1.54, 1.807) is 11.3 Å². The molecule has 0 aliphatic carbocycles. The molecule has 1 aliphatic rings. The van der Waals surface area contributed by atoms with Gasteiger partial charge in [-0.05, 0) is 36.6 Å². The van der Waals surface area contributed by atoms with Gasteiger partial charge >= 0.3 is 0 Å². The van der Waals surface area contributed by atoms with E-state index in [1.807, 2.05) is 6.07 Å². The maximum Gasteiger partial charge on any atom is 0.150 e.